The van der Waals surface area contributed by atoms with Gasteiger partial charge in [-0.3, -0.25) is 4.79 Å². The number of ketones is 1. The molecule has 0 spiro atoms. The number of aliphatic hydroxyl groups is 1. The Morgan fingerprint density at radius 3 is 2.17 bits per heavy atom. The first-order chi connectivity index (χ1) is 5.60. The Balaban J connectivity index is 4.18. The van der Waals surface area contributed by atoms with Gasteiger partial charge in [0.15, 0.2) is 5.78 Å². The predicted octanol–water partition coefficient (Wildman–Crippen LogP) is 2.30. The number of carbonyl (C=O) groups is 1. The molecule has 12 heavy (non-hydrogen) atoms. The average molecular weight is 172 g/mol. The Hall–Kier alpha value is -0.370. The van der Waals surface area contributed by atoms with E-state index in [0.717, 1.165) is 12.8 Å². The molecular weight excluding hydrogens is 152 g/mol. The lowest BCUT2D eigenvalue weighted by Crippen LogP contribution is -2.37. The molecule has 0 saturated heterocycles. The quantitative estimate of drug-likeness (QED) is 0.667. The first-order valence-electron chi connectivity index (χ1n) is 4.86. The summed E-state index contributed by atoms with van der Waals surface area (Å²) in [5, 5.41) is 9.87. The molecule has 0 heterocycles. The van der Waals surface area contributed by atoms with Crippen molar-refractivity contribution in [2.75, 3.05) is 0 Å². The molecule has 2 heteroatoms. The molecule has 0 bridgehead atoms. The zero-order valence-electron chi connectivity index (χ0n) is 8.39. The van der Waals surface area contributed by atoms with Gasteiger partial charge >= 0.3 is 0 Å². The van der Waals surface area contributed by atoms with Crippen molar-refractivity contribution >= 4 is 5.78 Å². The summed E-state index contributed by atoms with van der Waals surface area (Å²) in [5.41, 5.74) is -1.04. The van der Waals surface area contributed by atoms with E-state index in [9.17, 15) is 9.90 Å². The van der Waals surface area contributed by atoms with Crippen molar-refractivity contribution < 1.29 is 9.90 Å². The van der Waals surface area contributed by atoms with Crippen LogP contribution in [-0.2, 0) is 4.79 Å². The van der Waals surface area contributed by atoms with Crippen LogP contribution in [0.2, 0.25) is 0 Å². The second-order valence-corrected chi connectivity index (χ2v) is 3.31. The molecule has 0 aromatic rings. The topological polar surface area (TPSA) is 37.3 Å². The van der Waals surface area contributed by atoms with Gasteiger partial charge in [0, 0.05) is 6.42 Å². The maximum absolute atomic E-state index is 11.4. The minimum atomic E-state index is -1.04. The van der Waals surface area contributed by atoms with Gasteiger partial charge in [-0.15, -0.1) is 0 Å². The van der Waals surface area contributed by atoms with Crippen molar-refractivity contribution in [1.29, 1.82) is 0 Å². The second kappa shape index (κ2) is 5.31. The number of rotatable bonds is 6. The molecule has 0 fully saturated rings. The molecule has 0 radical (unpaired) electrons. The van der Waals surface area contributed by atoms with Gasteiger partial charge in [-0.2, -0.15) is 0 Å². The van der Waals surface area contributed by atoms with Crippen molar-refractivity contribution in [2.45, 2.75) is 58.5 Å². The van der Waals surface area contributed by atoms with Crippen LogP contribution in [-0.4, -0.2) is 16.5 Å². The Morgan fingerprint density at radius 1 is 1.25 bits per heavy atom. The summed E-state index contributed by atoms with van der Waals surface area (Å²) in [6.45, 7) is 5.81. The van der Waals surface area contributed by atoms with E-state index in [2.05, 4.69) is 0 Å². The second-order valence-electron chi connectivity index (χ2n) is 3.31. The van der Waals surface area contributed by atoms with Crippen LogP contribution in [0.1, 0.15) is 52.9 Å². The number of carbonyl (C=O) groups excluding carboxylic acids is 1. The van der Waals surface area contributed by atoms with Crippen molar-refractivity contribution in [3.63, 3.8) is 0 Å². The number of hydrogen-bond donors (Lipinski definition) is 1. The number of hydrogen-bond acceptors (Lipinski definition) is 2. The monoisotopic (exact) mass is 172 g/mol. The van der Waals surface area contributed by atoms with E-state index in [-0.39, 0.29) is 5.78 Å². The summed E-state index contributed by atoms with van der Waals surface area (Å²) in [6, 6.07) is 0. The molecule has 1 N–H and O–H groups in total. The molecule has 0 rings (SSSR count). The Kier molecular flexibility index (Phi) is 5.14. The van der Waals surface area contributed by atoms with E-state index in [0.29, 0.717) is 19.3 Å². The molecule has 0 aliphatic heterocycles. The molecular formula is C10H20O2. The third-order valence-corrected chi connectivity index (χ3v) is 2.24. The van der Waals surface area contributed by atoms with E-state index in [1.807, 2.05) is 20.8 Å². The van der Waals surface area contributed by atoms with Gasteiger partial charge in [-0.1, -0.05) is 27.2 Å². The van der Waals surface area contributed by atoms with Crippen molar-refractivity contribution in [1.82, 2.24) is 0 Å². The lowest BCUT2D eigenvalue weighted by Gasteiger charge is -2.24. The van der Waals surface area contributed by atoms with E-state index in [1.54, 1.807) is 0 Å². The third-order valence-electron chi connectivity index (χ3n) is 2.24. The van der Waals surface area contributed by atoms with E-state index >= 15 is 0 Å². The fraction of sp³-hybridized carbons (Fsp3) is 0.900. The minimum Gasteiger partial charge on any atom is -0.382 e. The summed E-state index contributed by atoms with van der Waals surface area (Å²) >= 11 is 0. The molecule has 0 amide bonds. The van der Waals surface area contributed by atoms with E-state index in [1.165, 1.54) is 0 Å². The van der Waals surface area contributed by atoms with E-state index in [4.69, 9.17) is 0 Å². The SMILES string of the molecule is CCCC(=O)C(O)(CC)CCC. The maximum Gasteiger partial charge on any atom is 0.164 e. The van der Waals surface area contributed by atoms with Gasteiger partial charge in [-0.05, 0) is 19.3 Å². The van der Waals surface area contributed by atoms with Crippen LogP contribution in [0.4, 0.5) is 0 Å². The third kappa shape index (κ3) is 2.94. The molecule has 72 valence electrons. The molecule has 0 aliphatic carbocycles. The first kappa shape index (κ1) is 11.6. The molecule has 1 atom stereocenters. The smallest absolute Gasteiger partial charge is 0.164 e. The summed E-state index contributed by atoms with van der Waals surface area (Å²) in [4.78, 5) is 11.4. The molecule has 1 unspecified atom stereocenters. The standard InChI is InChI=1S/C10H20O2/c1-4-7-9(11)10(12,6-3)8-5-2/h12H,4-8H2,1-3H3. The minimum absolute atomic E-state index is 0.00866. The summed E-state index contributed by atoms with van der Waals surface area (Å²) < 4.78 is 0. The first-order valence-corrected chi connectivity index (χ1v) is 4.86. The fourth-order valence-electron chi connectivity index (χ4n) is 1.39. The Bertz CT molecular complexity index is 143. The van der Waals surface area contributed by atoms with Crippen molar-refractivity contribution in [2.24, 2.45) is 0 Å². The van der Waals surface area contributed by atoms with Gasteiger partial charge in [0.2, 0.25) is 0 Å². The highest BCUT2D eigenvalue weighted by atomic mass is 16.3. The zero-order chi connectivity index (χ0) is 9.61. The van der Waals surface area contributed by atoms with Crippen molar-refractivity contribution in [3.8, 4) is 0 Å². The highest BCUT2D eigenvalue weighted by Crippen LogP contribution is 2.20. The van der Waals surface area contributed by atoms with Gasteiger partial charge in [-0.25, -0.2) is 0 Å². The number of Topliss-reactive ketones (excluding diaryl/α,β-unsaturated/α-hetero) is 1. The summed E-state index contributed by atoms with van der Waals surface area (Å²) in [5.74, 6) is 0.00866. The van der Waals surface area contributed by atoms with Crippen LogP contribution in [0.3, 0.4) is 0 Å². The summed E-state index contributed by atoms with van der Waals surface area (Å²) in [6.07, 6.45) is 3.33. The van der Waals surface area contributed by atoms with Gasteiger partial charge in [0.1, 0.15) is 5.60 Å². The zero-order valence-corrected chi connectivity index (χ0v) is 8.39. The molecule has 0 aliphatic rings. The van der Waals surface area contributed by atoms with Crippen LogP contribution in [0.5, 0.6) is 0 Å². The largest absolute Gasteiger partial charge is 0.382 e. The predicted molar refractivity (Wildman–Crippen MR) is 50.1 cm³/mol. The van der Waals surface area contributed by atoms with Crippen LogP contribution < -0.4 is 0 Å². The highest BCUT2D eigenvalue weighted by Gasteiger charge is 2.31. The lowest BCUT2D eigenvalue weighted by atomic mass is 9.88. The molecule has 2 nitrogen and oxygen atoms in total. The Labute approximate surface area is 75.0 Å². The highest BCUT2D eigenvalue weighted by molar-refractivity contribution is 5.86. The average Bonchev–Trinajstić information content (AvgIpc) is 2.05. The van der Waals surface area contributed by atoms with Crippen LogP contribution in [0.25, 0.3) is 0 Å². The lowest BCUT2D eigenvalue weighted by molar-refractivity contribution is -0.138. The Morgan fingerprint density at radius 2 is 1.83 bits per heavy atom. The van der Waals surface area contributed by atoms with E-state index < -0.39 is 5.60 Å². The maximum atomic E-state index is 11.4. The molecule has 0 saturated carbocycles. The van der Waals surface area contributed by atoms with Gasteiger partial charge < -0.3 is 5.11 Å². The van der Waals surface area contributed by atoms with Crippen LogP contribution in [0.15, 0.2) is 0 Å². The van der Waals surface area contributed by atoms with Crippen LogP contribution in [0, 0.1) is 0 Å². The van der Waals surface area contributed by atoms with Crippen molar-refractivity contribution in [3.05, 3.63) is 0 Å². The van der Waals surface area contributed by atoms with Gasteiger partial charge in [0.25, 0.3) is 0 Å². The molecule has 0 aromatic carbocycles. The summed E-state index contributed by atoms with van der Waals surface area (Å²) in [7, 11) is 0. The van der Waals surface area contributed by atoms with Crippen LogP contribution >= 0.6 is 0 Å². The molecule has 0 aromatic heterocycles. The normalized spacial score (nSPS) is 15.7. The fourth-order valence-corrected chi connectivity index (χ4v) is 1.39. The van der Waals surface area contributed by atoms with Gasteiger partial charge in [0.05, 0.1) is 0 Å².